The molecule has 0 aliphatic carbocycles. The highest BCUT2D eigenvalue weighted by atomic mass is 19.4. The van der Waals surface area contributed by atoms with E-state index in [0.717, 1.165) is 17.7 Å². The molecular formula is C22H21F3N2O4. The fourth-order valence-corrected chi connectivity index (χ4v) is 3.95. The molecule has 31 heavy (non-hydrogen) atoms. The predicted octanol–water partition coefficient (Wildman–Crippen LogP) is 3.38. The molecule has 6 nitrogen and oxygen atoms in total. The first kappa shape index (κ1) is 21.2. The van der Waals surface area contributed by atoms with Gasteiger partial charge < -0.3 is 20.1 Å². The Balaban J connectivity index is 1.32. The van der Waals surface area contributed by atoms with Crippen LogP contribution in [0.5, 0.6) is 5.75 Å². The summed E-state index contributed by atoms with van der Waals surface area (Å²) in [5.74, 6) is -0.754. The van der Waals surface area contributed by atoms with Crippen LogP contribution in [0, 0.1) is 5.92 Å². The number of nitrogens with zero attached hydrogens (tertiary/aromatic N) is 1. The standard InChI is InChI=1S/C22H21F3N2O4/c23-22(24,25)15-2-5-17(6-3-15)27-9-7-13(8-10-27)20(29)21(30)26-16-4-1-14-11-19(28)31-18(14)12-16/h1-6,12-13,20,29H,7-11H2,(H,26,30). The Morgan fingerprint density at radius 2 is 1.81 bits per heavy atom. The fraction of sp³-hybridized carbons (Fsp3) is 0.364. The van der Waals surface area contributed by atoms with E-state index >= 15 is 0 Å². The summed E-state index contributed by atoms with van der Waals surface area (Å²) in [6.45, 7) is 1.05. The lowest BCUT2D eigenvalue weighted by Crippen LogP contribution is -2.42. The Bertz CT molecular complexity index is 983. The summed E-state index contributed by atoms with van der Waals surface area (Å²) in [6.07, 6.45) is -4.34. The number of nitrogens with one attached hydrogen (secondary N) is 1. The number of benzene rings is 2. The summed E-state index contributed by atoms with van der Waals surface area (Å²) >= 11 is 0. The summed E-state index contributed by atoms with van der Waals surface area (Å²) in [5, 5.41) is 13.1. The number of carbonyl (C=O) groups excluding carboxylic acids is 2. The topological polar surface area (TPSA) is 78.9 Å². The Morgan fingerprint density at radius 3 is 2.45 bits per heavy atom. The van der Waals surface area contributed by atoms with Gasteiger partial charge in [0.25, 0.3) is 5.91 Å². The quantitative estimate of drug-likeness (QED) is 0.570. The van der Waals surface area contributed by atoms with Crippen molar-refractivity contribution in [2.45, 2.75) is 31.5 Å². The molecule has 2 N–H and O–H groups in total. The van der Waals surface area contributed by atoms with E-state index in [0.29, 0.717) is 43.1 Å². The number of fused-ring (bicyclic) bond motifs is 1. The number of esters is 1. The highest BCUT2D eigenvalue weighted by Gasteiger charge is 2.32. The lowest BCUT2D eigenvalue weighted by molar-refractivity contribution is -0.137. The van der Waals surface area contributed by atoms with Gasteiger partial charge in [0.05, 0.1) is 12.0 Å². The molecule has 2 heterocycles. The average molecular weight is 434 g/mol. The number of aliphatic hydroxyl groups excluding tert-OH is 1. The van der Waals surface area contributed by atoms with Crippen LogP contribution in [-0.4, -0.2) is 36.2 Å². The second kappa shape index (κ2) is 8.22. The molecule has 2 aromatic carbocycles. The number of halogens is 3. The van der Waals surface area contributed by atoms with Crippen molar-refractivity contribution in [3.63, 3.8) is 0 Å². The molecule has 9 heteroatoms. The normalized spacial score (nSPS) is 17.8. The third-order valence-electron chi connectivity index (χ3n) is 5.71. The van der Waals surface area contributed by atoms with E-state index in [2.05, 4.69) is 5.32 Å². The van der Waals surface area contributed by atoms with Gasteiger partial charge in [-0.3, -0.25) is 9.59 Å². The van der Waals surface area contributed by atoms with Crippen LogP contribution in [0.25, 0.3) is 0 Å². The van der Waals surface area contributed by atoms with Gasteiger partial charge in [0.15, 0.2) is 0 Å². The van der Waals surface area contributed by atoms with E-state index in [4.69, 9.17) is 4.74 Å². The lowest BCUT2D eigenvalue weighted by atomic mass is 9.90. The van der Waals surface area contributed by atoms with E-state index in [1.807, 2.05) is 4.90 Å². The van der Waals surface area contributed by atoms with Gasteiger partial charge in [-0.15, -0.1) is 0 Å². The van der Waals surface area contributed by atoms with Crippen LogP contribution in [0.15, 0.2) is 42.5 Å². The zero-order valence-electron chi connectivity index (χ0n) is 16.5. The first-order chi connectivity index (χ1) is 14.7. The smallest absolute Gasteiger partial charge is 0.416 e. The summed E-state index contributed by atoms with van der Waals surface area (Å²) in [7, 11) is 0. The second-order valence-electron chi connectivity index (χ2n) is 7.78. The number of carbonyl (C=O) groups is 2. The van der Waals surface area contributed by atoms with Gasteiger partial charge >= 0.3 is 12.1 Å². The molecule has 0 saturated carbocycles. The average Bonchev–Trinajstić information content (AvgIpc) is 3.12. The van der Waals surface area contributed by atoms with E-state index in [1.54, 1.807) is 18.2 Å². The molecule has 2 aliphatic rings. The first-order valence-corrected chi connectivity index (χ1v) is 9.95. The minimum absolute atomic E-state index is 0.198. The van der Waals surface area contributed by atoms with Crippen molar-refractivity contribution in [3.05, 3.63) is 53.6 Å². The molecule has 1 fully saturated rings. The van der Waals surface area contributed by atoms with Crippen molar-refractivity contribution in [3.8, 4) is 5.75 Å². The molecular weight excluding hydrogens is 413 g/mol. The van der Waals surface area contributed by atoms with Gasteiger partial charge in [0.2, 0.25) is 0 Å². The number of hydrogen-bond donors (Lipinski definition) is 2. The minimum atomic E-state index is -4.37. The molecule has 0 radical (unpaired) electrons. The molecule has 2 aliphatic heterocycles. The molecule has 1 amide bonds. The minimum Gasteiger partial charge on any atom is -0.426 e. The Morgan fingerprint density at radius 1 is 1.13 bits per heavy atom. The fourth-order valence-electron chi connectivity index (χ4n) is 3.95. The molecule has 2 aromatic rings. The number of aliphatic hydroxyl groups is 1. The molecule has 1 atom stereocenters. The van der Waals surface area contributed by atoms with Gasteiger partial charge in [-0.25, -0.2) is 0 Å². The van der Waals surface area contributed by atoms with Crippen LogP contribution in [0.4, 0.5) is 24.5 Å². The van der Waals surface area contributed by atoms with Gasteiger partial charge in [-0.05, 0) is 49.1 Å². The number of ether oxygens (including phenoxy) is 1. The van der Waals surface area contributed by atoms with Crippen molar-refractivity contribution in [1.29, 1.82) is 0 Å². The van der Waals surface area contributed by atoms with E-state index < -0.39 is 23.8 Å². The Labute approximate surface area is 176 Å². The molecule has 1 saturated heterocycles. The monoisotopic (exact) mass is 434 g/mol. The molecule has 164 valence electrons. The molecule has 0 aromatic heterocycles. The van der Waals surface area contributed by atoms with Crippen LogP contribution in [0.1, 0.15) is 24.0 Å². The highest BCUT2D eigenvalue weighted by molar-refractivity contribution is 5.95. The SMILES string of the molecule is O=C1Cc2ccc(NC(=O)C(O)C3CCN(c4ccc(C(F)(F)F)cc4)CC3)cc2O1. The number of alkyl halides is 3. The van der Waals surface area contributed by atoms with Crippen molar-refractivity contribution in [2.24, 2.45) is 5.92 Å². The lowest BCUT2D eigenvalue weighted by Gasteiger charge is -2.35. The van der Waals surface area contributed by atoms with Crippen LogP contribution in [0.2, 0.25) is 0 Å². The largest absolute Gasteiger partial charge is 0.426 e. The zero-order chi connectivity index (χ0) is 22.2. The summed E-state index contributed by atoms with van der Waals surface area (Å²) in [6, 6.07) is 9.89. The molecule has 4 rings (SSSR count). The van der Waals surface area contributed by atoms with E-state index in [9.17, 15) is 27.9 Å². The van der Waals surface area contributed by atoms with Crippen LogP contribution in [0.3, 0.4) is 0 Å². The number of piperidine rings is 1. The van der Waals surface area contributed by atoms with Gasteiger partial charge in [-0.2, -0.15) is 13.2 Å². The Kier molecular flexibility index (Phi) is 5.62. The maximum absolute atomic E-state index is 12.7. The van der Waals surface area contributed by atoms with Crippen LogP contribution < -0.4 is 15.0 Å². The summed E-state index contributed by atoms with van der Waals surface area (Å²) < 4.78 is 43.2. The maximum Gasteiger partial charge on any atom is 0.416 e. The van der Waals surface area contributed by atoms with Crippen molar-refractivity contribution >= 4 is 23.3 Å². The van der Waals surface area contributed by atoms with Crippen LogP contribution >= 0.6 is 0 Å². The number of hydrogen-bond acceptors (Lipinski definition) is 5. The highest BCUT2D eigenvalue weighted by Crippen LogP contribution is 2.32. The third-order valence-corrected chi connectivity index (χ3v) is 5.71. The van der Waals surface area contributed by atoms with Gasteiger partial charge in [0, 0.05) is 36.1 Å². The van der Waals surface area contributed by atoms with Crippen LogP contribution in [-0.2, 0) is 22.2 Å². The summed E-state index contributed by atoms with van der Waals surface area (Å²) in [4.78, 5) is 25.7. The number of rotatable bonds is 4. The predicted molar refractivity (Wildman–Crippen MR) is 107 cm³/mol. The van der Waals surface area contributed by atoms with Gasteiger partial charge in [0.1, 0.15) is 11.9 Å². The van der Waals surface area contributed by atoms with Crippen molar-refractivity contribution < 1.29 is 32.6 Å². The van der Waals surface area contributed by atoms with E-state index in [-0.39, 0.29) is 18.3 Å². The number of anilines is 2. The van der Waals surface area contributed by atoms with E-state index in [1.165, 1.54) is 12.1 Å². The molecule has 0 spiro atoms. The maximum atomic E-state index is 12.7. The zero-order valence-corrected chi connectivity index (χ0v) is 16.5. The summed E-state index contributed by atoms with van der Waals surface area (Å²) in [5.41, 5.74) is 1.16. The van der Waals surface area contributed by atoms with Crippen molar-refractivity contribution in [2.75, 3.05) is 23.3 Å². The molecule has 1 unspecified atom stereocenters. The van der Waals surface area contributed by atoms with Gasteiger partial charge in [-0.1, -0.05) is 6.07 Å². The second-order valence-corrected chi connectivity index (χ2v) is 7.78. The number of amides is 1. The Hall–Kier alpha value is -3.07. The van der Waals surface area contributed by atoms with Crippen molar-refractivity contribution in [1.82, 2.24) is 0 Å². The molecule has 0 bridgehead atoms. The first-order valence-electron chi connectivity index (χ1n) is 9.95. The third kappa shape index (κ3) is 4.66.